The second-order valence-electron chi connectivity index (χ2n) is 9.69. The average molecular weight is 864 g/mol. The Bertz CT molecular complexity index is 1850. The molecule has 0 saturated heterocycles. The monoisotopic (exact) mass is 860 g/mol. The largest absolute Gasteiger partial charge is 0.298 e. The molecule has 2 aromatic heterocycles. The van der Waals surface area contributed by atoms with E-state index in [1.807, 2.05) is 122 Å². The first-order chi connectivity index (χ1) is 22.3. The number of nitrogens with zero attached hydrogens (tertiary/aromatic N) is 4. The number of halogens is 4. The Morgan fingerprint density at radius 2 is 0.761 bits per heavy atom. The zero-order chi connectivity index (χ0) is 32.5. The fourth-order valence-electron chi connectivity index (χ4n) is 4.45. The van der Waals surface area contributed by atoms with E-state index in [9.17, 15) is 9.59 Å². The third kappa shape index (κ3) is 8.64. The Morgan fingerprint density at radius 1 is 0.457 bits per heavy atom. The minimum Gasteiger partial charge on any atom is -0.298 e. The van der Waals surface area contributed by atoms with E-state index in [-0.39, 0.29) is 0 Å². The van der Waals surface area contributed by atoms with Gasteiger partial charge in [0.15, 0.2) is 0 Å². The zero-order valence-corrected chi connectivity index (χ0v) is 30.3. The van der Waals surface area contributed by atoms with Crippen LogP contribution >= 0.6 is 63.7 Å². The predicted molar refractivity (Wildman–Crippen MR) is 198 cm³/mol. The topological polar surface area (TPSA) is 69.8 Å². The van der Waals surface area contributed by atoms with Crippen molar-refractivity contribution in [2.45, 2.75) is 0 Å². The summed E-state index contributed by atoms with van der Waals surface area (Å²) in [6.07, 6.45) is 8.30. The molecule has 0 atom stereocenters. The van der Waals surface area contributed by atoms with Gasteiger partial charge >= 0.3 is 0 Å². The molecule has 6 aromatic rings. The molecule has 0 unspecified atom stereocenters. The van der Waals surface area contributed by atoms with Crippen molar-refractivity contribution >= 4 is 87.7 Å². The normalized spacial score (nSPS) is 11.5. The van der Waals surface area contributed by atoms with Crippen LogP contribution in [0.2, 0.25) is 0 Å². The van der Waals surface area contributed by atoms with Crippen molar-refractivity contribution < 1.29 is 9.59 Å². The summed E-state index contributed by atoms with van der Waals surface area (Å²) in [5, 5.41) is 9.18. The molecule has 0 bridgehead atoms. The maximum atomic E-state index is 11.0. The van der Waals surface area contributed by atoms with Crippen molar-refractivity contribution in [3.63, 3.8) is 0 Å². The first-order valence-electron chi connectivity index (χ1n) is 13.8. The van der Waals surface area contributed by atoms with E-state index >= 15 is 0 Å². The van der Waals surface area contributed by atoms with E-state index in [0.717, 1.165) is 75.5 Å². The van der Waals surface area contributed by atoms with Crippen LogP contribution < -0.4 is 0 Å². The van der Waals surface area contributed by atoms with E-state index in [1.54, 1.807) is 9.36 Å². The number of allylic oxidation sites excluding steroid dienone is 2. The van der Waals surface area contributed by atoms with Crippen LogP contribution in [0.3, 0.4) is 0 Å². The van der Waals surface area contributed by atoms with E-state index in [0.29, 0.717) is 0 Å². The summed E-state index contributed by atoms with van der Waals surface area (Å²) in [6.45, 7) is 0. The third-order valence-electron chi connectivity index (χ3n) is 6.68. The molecule has 4 aromatic carbocycles. The molecule has 6 rings (SSSR count). The Kier molecular flexibility index (Phi) is 11.7. The molecule has 0 radical (unpaired) electrons. The SMILES string of the molecule is O=C/C=C(\c1ccc(Br)cc1)n1ccc(-c2ccc(Br)cc2)n1.O=C/C=C(\c1ccc(Br)cc1)n1ccc(-c2ccc(Br)cc2)n1. The van der Waals surface area contributed by atoms with Crippen molar-refractivity contribution in [3.05, 3.63) is 163 Å². The van der Waals surface area contributed by atoms with Gasteiger partial charge in [-0.2, -0.15) is 10.2 Å². The summed E-state index contributed by atoms with van der Waals surface area (Å²) in [7, 11) is 0. The lowest BCUT2D eigenvalue weighted by molar-refractivity contribution is -0.104. The van der Waals surface area contributed by atoms with Crippen LogP contribution in [-0.2, 0) is 9.59 Å². The van der Waals surface area contributed by atoms with Crippen LogP contribution in [0.5, 0.6) is 0 Å². The molecule has 2 heterocycles. The minimum absolute atomic E-state index is 0.732. The van der Waals surface area contributed by atoms with E-state index in [1.165, 1.54) is 12.2 Å². The maximum Gasteiger partial charge on any atom is 0.145 e. The smallest absolute Gasteiger partial charge is 0.145 e. The van der Waals surface area contributed by atoms with E-state index in [2.05, 4.69) is 73.9 Å². The summed E-state index contributed by atoms with van der Waals surface area (Å²) in [4.78, 5) is 22.0. The first-order valence-corrected chi connectivity index (χ1v) is 17.0. The van der Waals surface area contributed by atoms with Crippen molar-refractivity contribution in [2.24, 2.45) is 0 Å². The Labute approximate surface area is 300 Å². The van der Waals surface area contributed by atoms with Gasteiger partial charge in [-0.25, -0.2) is 9.36 Å². The Balaban J connectivity index is 0.000000181. The number of rotatable bonds is 8. The van der Waals surface area contributed by atoms with Crippen molar-refractivity contribution in [1.29, 1.82) is 0 Å². The third-order valence-corrected chi connectivity index (χ3v) is 8.80. The lowest BCUT2D eigenvalue weighted by Gasteiger charge is -2.07. The molecule has 6 nitrogen and oxygen atoms in total. The summed E-state index contributed by atoms with van der Waals surface area (Å²) < 4.78 is 7.46. The number of hydrogen-bond donors (Lipinski definition) is 0. The number of benzene rings is 4. The van der Waals surface area contributed by atoms with Gasteiger partial charge in [-0.3, -0.25) is 9.59 Å². The van der Waals surface area contributed by atoms with Crippen LogP contribution in [-0.4, -0.2) is 32.1 Å². The van der Waals surface area contributed by atoms with Crippen molar-refractivity contribution in [1.82, 2.24) is 19.6 Å². The summed E-state index contributed by atoms with van der Waals surface area (Å²) >= 11 is 13.7. The molecule has 46 heavy (non-hydrogen) atoms. The quantitative estimate of drug-likeness (QED) is 0.113. The molecule has 0 aliphatic carbocycles. The second kappa shape index (κ2) is 16.0. The van der Waals surface area contributed by atoms with Gasteiger partial charge in [-0.05, 0) is 60.7 Å². The minimum atomic E-state index is 0.732. The number of carbonyl (C=O) groups is 2. The molecule has 0 fully saturated rings. The highest BCUT2D eigenvalue weighted by molar-refractivity contribution is 9.11. The lowest BCUT2D eigenvalue weighted by atomic mass is 10.1. The number of aromatic nitrogens is 4. The number of carbonyl (C=O) groups excluding carboxylic acids is 2. The summed E-state index contributed by atoms with van der Waals surface area (Å²) in [5.74, 6) is 0. The van der Waals surface area contributed by atoms with Gasteiger partial charge in [0.05, 0.1) is 22.8 Å². The Hall–Kier alpha value is -3.96. The molecule has 0 aliphatic rings. The Morgan fingerprint density at radius 3 is 1.07 bits per heavy atom. The van der Waals surface area contributed by atoms with Gasteiger partial charge in [-0.1, -0.05) is 112 Å². The zero-order valence-electron chi connectivity index (χ0n) is 24.0. The number of aldehydes is 2. The van der Waals surface area contributed by atoms with Gasteiger partial charge in [0.2, 0.25) is 0 Å². The fraction of sp³-hybridized carbons (Fsp3) is 0. The van der Waals surface area contributed by atoms with Crippen LogP contribution in [0.25, 0.3) is 33.9 Å². The number of hydrogen-bond acceptors (Lipinski definition) is 4. The highest BCUT2D eigenvalue weighted by atomic mass is 79.9. The maximum absolute atomic E-state index is 11.0. The molecule has 10 heteroatoms. The molecule has 0 N–H and O–H groups in total. The predicted octanol–water partition coefficient (Wildman–Crippen LogP) is 10.3. The van der Waals surface area contributed by atoms with Gasteiger partial charge in [0.25, 0.3) is 0 Å². The average Bonchev–Trinajstić information content (AvgIpc) is 3.76. The van der Waals surface area contributed by atoms with Gasteiger partial charge in [0.1, 0.15) is 12.6 Å². The highest BCUT2D eigenvalue weighted by Crippen LogP contribution is 2.25. The molecular weight excluding hydrogens is 840 g/mol. The second-order valence-corrected chi connectivity index (χ2v) is 13.4. The molecular formula is C36H24Br4N4O2. The standard InChI is InChI=1S/2C18H12Br2N2O/c2*19-15-5-1-13(2-6-15)17-9-11-22(21-17)18(10-12-23)14-3-7-16(20)8-4-14/h2*1-12H/b2*18-10+. The van der Waals surface area contributed by atoms with Crippen molar-refractivity contribution in [2.75, 3.05) is 0 Å². The van der Waals surface area contributed by atoms with Crippen LogP contribution in [0.15, 0.2) is 152 Å². The van der Waals surface area contributed by atoms with E-state index in [4.69, 9.17) is 0 Å². The van der Waals surface area contributed by atoms with Crippen LogP contribution in [0.1, 0.15) is 11.1 Å². The molecule has 228 valence electrons. The molecule has 0 amide bonds. The summed E-state index contributed by atoms with van der Waals surface area (Å²) in [5.41, 5.74) is 7.06. The summed E-state index contributed by atoms with van der Waals surface area (Å²) in [6, 6.07) is 35.3. The van der Waals surface area contributed by atoms with Gasteiger partial charge in [0, 0.05) is 64.7 Å². The molecule has 0 aliphatic heterocycles. The van der Waals surface area contributed by atoms with Gasteiger partial charge < -0.3 is 0 Å². The first kappa shape index (κ1) is 33.4. The van der Waals surface area contributed by atoms with E-state index < -0.39 is 0 Å². The lowest BCUT2D eigenvalue weighted by Crippen LogP contribution is -2.00. The van der Waals surface area contributed by atoms with Crippen LogP contribution in [0, 0.1) is 0 Å². The van der Waals surface area contributed by atoms with Crippen molar-refractivity contribution in [3.8, 4) is 22.5 Å². The fourth-order valence-corrected chi connectivity index (χ4v) is 5.50. The van der Waals surface area contributed by atoms with Gasteiger partial charge in [-0.15, -0.1) is 0 Å². The van der Waals surface area contributed by atoms with Crippen LogP contribution in [0.4, 0.5) is 0 Å². The highest BCUT2D eigenvalue weighted by Gasteiger charge is 2.10. The molecule has 0 spiro atoms. The molecule has 0 saturated carbocycles.